The Kier molecular flexibility index (Phi) is 4.92. The van der Waals surface area contributed by atoms with Crippen LogP contribution in [-0.2, 0) is 0 Å². The number of hydrogen-bond acceptors (Lipinski definition) is 3. The van der Waals surface area contributed by atoms with Crippen molar-refractivity contribution < 1.29 is 0 Å². The highest BCUT2D eigenvalue weighted by atomic mass is 15.2. The van der Waals surface area contributed by atoms with E-state index >= 15 is 0 Å². The Labute approximate surface area is 87.3 Å². The fraction of sp³-hybridized carbons (Fsp3) is 0.909. The molecule has 1 heterocycles. The topological polar surface area (TPSA) is 30.3 Å². The third-order valence-corrected chi connectivity index (χ3v) is 2.81. The van der Waals surface area contributed by atoms with Gasteiger partial charge in [-0.3, -0.25) is 4.90 Å². The molecule has 1 aliphatic heterocycles. The summed E-state index contributed by atoms with van der Waals surface area (Å²) in [5, 5.41) is 8.97. The maximum absolute atomic E-state index is 8.97. The Balaban J connectivity index is 2.24. The summed E-state index contributed by atoms with van der Waals surface area (Å²) >= 11 is 0. The van der Waals surface area contributed by atoms with E-state index < -0.39 is 0 Å². The van der Waals surface area contributed by atoms with E-state index in [1.165, 1.54) is 19.3 Å². The Morgan fingerprint density at radius 2 is 2.21 bits per heavy atom. The van der Waals surface area contributed by atoms with Crippen molar-refractivity contribution in [2.45, 2.75) is 31.7 Å². The second-order valence-corrected chi connectivity index (χ2v) is 4.33. The van der Waals surface area contributed by atoms with Gasteiger partial charge in [0.15, 0.2) is 0 Å². The molecular formula is C11H21N3. The maximum atomic E-state index is 8.97. The molecule has 0 aliphatic carbocycles. The smallest absolute Gasteiger partial charge is 0.0977 e. The molecule has 3 heteroatoms. The quantitative estimate of drug-likeness (QED) is 0.677. The Bertz CT molecular complexity index is 195. The van der Waals surface area contributed by atoms with Crippen LogP contribution in [0.25, 0.3) is 0 Å². The second kappa shape index (κ2) is 6.00. The van der Waals surface area contributed by atoms with Crippen LogP contribution in [0.1, 0.15) is 25.7 Å². The zero-order valence-corrected chi connectivity index (χ0v) is 9.37. The van der Waals surface area contributed by atoms with Gasteiger partial charge in [-0.15, -0.1) is 0 Å². The highest BCUT2D eigenvalue weighted by Crippen LogP contribution is 2.16. The van der Waals surface area contributed by atoms with Crippen molar-refractivity contribution in [2.24, 2.45) is 0 Å². The van der Waals surface area contributed by atoms with Gasteiger partial charge >= 0.3 is 0 Å². The normalized spacial score (nSPS) is 23.7. The first kappa shape index (κ1) is 11.5. The number of piperidine rings is 1. The highest BCUT2D eigenvalue weighted by Gasteiger charge is 2.20. The summed E-state index contributed by atoms with van der Waals surface area (Å²) in [6.45, 7) is 3.32. The molecule has 3 nitrogen and oxygen atoms in total. The fourth-order valence-corrected chi connectivity index (χ4v) is 1.99. The summed E-state index contributed by atoms with van der Waals surface area (Å²) < 4.78 is 0. The van der Waals surface area contributed by atoms with Crippen LogP contribution in [0.5, 0.6) is 0 Å². The number of rotatable bonds is 4. The molecule has 0 aromatic carbocycles. The molecule has 0 aromatic rings. The van der Waals surface area contributed by atoms with Gasteiger partial charge in [0, 0.05) is 6.54 Å². The van der Waals surface area contributed by atoms with Crippen LogP contribution in [-0.4, -0.2) is 49.6 Å². The lowest BCUT2D eigenvalue weighted by Crippen LogP contribution is -2.39. The highest BCUT2D eigenvalue weighted by molar-refractivity contribution is 4.93. The van der Waals surface area contributed by atoms with E-state index in [1.54, 1.807) is 0 Å². The molecule has 1 unspecified atom stereocenters. The van der Waals surface area contributed by atoms with Gasteiger partial charge in [-0.2, -0.15) is 5.26 Å². The van der Waals surface area contributed by atoms with Crippen LogP contribution in [0.3, 0.4) is 0 Å². The van der Waals surface area contributed by atoms with E-state index in [0.29, 0.717) is 0 Å². The van der Waals surface area contributed by atoms with Crippen LogP contribution in [0.15, 0.2) is 0 Å². The maximum Gasteiger partial charge on any atom is 0.0977 e. The Hall–Kier alpha value is -0.590. The van der Waals surface area contributed by atoms with E-state index in [0.717, 1.165) is 26.1 Å². The SMILES string of the molecule is CN(C)CCCN1CCCCC1C#N. The predicted molar refractivity (Wildman–Crippen MR) is 58.0 cm³/mol. The van der Waals surface area contributed by atoms with E-state index in [9.17, 15) is 0 Å². The van der Waals surface area contributed by atoms with Crippen molar-refractivity contribution in [2.75, 3.05) is 33.7 Å². The van der Waals surface area contributed by atoms with Crippen molar-refractivity contribution in [3.05, 3.63) is 0 Å². The molecule has 0 spiro atoms. The lowest BCUT2D eigenvalue weighted by atomic mass is 10.0. The van der Waals surface area contributed by atoms with Gasteiger partial charge in [-0.05, 0) is 52.9 Å². The average molecular weight is 195 g/mol. The van der Waals surface area contributed by atoms with E-state index in [1.807, 2.05) is 0 Å². The molecule has 0 aromatic heterocycles. The molecule has 0 amide bonds. The Morgan fingerprint density at radius 3 is 2.86 bits per heavy atom. The van der Waals surface area contributed by atoms with E-state index in [2.05, 4.69) is 30.0 Å². The summed E-state index contributed by atoms with van der Waals surface area (Å²) in [7, 11) is 4.19. The molecule has 1 rings (SSSR count). The molecule has 1 fully saturated rings. The monoisotopic (exact) mass is 195 g/mol. The molecule has 0 N–H and O–H groups in total. The summed E-state index contributed by atoms with van der Waals surface area (Å²) in [6, 6.07) is 2.59. The molecular weight excluding hydrogens is 174 g/mol. The van der Waals surface area contributed by atoms with E-state index in [4.69, 9.17) is 5.26 Å². The van der Waals surface area contributed by atoms with Gasteiger partial charge in [0.25, 0.3) is 0 Å². The number of hydrogen-bond donors (Lipinski definition) is 0. The van der Waals surface area contributed by atoms with Gasteiger partial charge in [-0.1, -0.05) is 0 Å². The molecule has 1 aliphatic rings. The minimum atomic E-state index is 0.186. The van der Waals surface area contributed by atoms with Gasteiger partial charge in [0.05, 0.1) is 12.1 Å². The largest absolute Gasteiger partial charge is 0.309 e. The zero-order chi connectivity index (χ0) is 10.4. The van der Waals surface area contributed by atoms with Crippen molar-refractivity contribution in [1.82, 2.24) is 9.80 Å². The minimum absolute atomic E-state index is 0.186. The summed E-state index contributed by atoms with van der Waals surface area (Å²) in [5.41, 5.74) is 0. The molecule has 80 valence electrons. The zero-order valence-electron chi connectivity index (χ0n) is 9.37. The van der Waals surface area contributed by atoms with Crippen LogP contribution < -0.4 is 0 Å². The van der Waals surface area contributed by atoms with E-state index in [-0.39, 0.29) is 6.04 Å². The summed E-state index contributed by atoms with van der Waals surface area (Å²) in [5.74, 6) is 0. The Morgan fingerprint density at radius 1 is 1.43 bits per heavy atom. The van der Waals surface area contributed by atoms with Gasteiger partial charge in [-0.25, -0.2) is 0 Å². The first-order chi connectivity index (χ1) is 6.74. The van der Waals surface area contributed by atoms with Crippen LogP contribution in [0.4, 0.5) is 0 Å². The minimum Gasteiger partial charge on any atom is -0.309 e. The van der Waals surface area contributed by atoms with Gasteiger partial charge in [0.1, 0.15) is 0 Å². The molecule has 0 radical (unpaired) electrons. The lowest BCUT2D eigenvalue weighted by molar-refractivity contribution is 0.176. The average Bonchev–Trinajstić information content (AvgIpc) is 2.18. The fourth-order valence-electron chi connectivity index (χ4n) is 1.99. The number of nitrogens with zero attached hydrogens (tertiary/aromatic N) is 3. The summed E-state index contributed by atoms with van der Waals surface area (Å²) in [4.78, 5) is 4.54. The predicted octanol–water partition coefficient (Wildman–Crippen LogP) is 1.32. The standard InChI is InChI=1S/C11H21N3/c1-13(2)7-5-9-14-8-4-3-6-11(14)10-12/h11H,3-9H2,1-2H3. The number of likely N-dealkylation sites (tertiary alicyclic amines) is 1. The molecule has 14 heavy (non-hydrogen) atoms. The van der Waals surface area contributed by atoms with Crippen LogP contribution in [0, 0.1) is 11.3 Å². The molecule has 0 saturated carbocycles. The molecule has 1 saturated heterocycles. The molecule has 0 bridgehead atoms. The molecule has 1 atom stereocenters. The third-order valence-electron chi connectivity index (χ3n) is 2.81. The third kappa shape index (κ3) is 3.65. The van der Waals surface area contributed by atoms with Crippen LogP contribution in [0.2, 0.25) is 0 Å². The lowest BCUT2D eigenvalue weighted by Gasteiger charge is -2.31. The first-order valence-corrected chi connectivity index (χ1v) is 5.52. The number of nitriles is 1. The summed E-state index contributed by atoms with van der Waals surface area (Å²) in [6.07, 6.45) is 4.73. The second-order valence-electron chi connectivity index (χ2n) is 4.33. The van der Waals surface area contributed by atoms with Gasteiger partial charge in [0.2, 0.25) is 0 Å². The van der Waals surface area contributed by atoms with Crippen molar-refractivity contribution in [1.29, 1.82) is 5.26 Å². The van der Waals surface area contributed by atoms with Crippen molar-refractivity contribution in [3.63, 3.8) is 0 Å². The van der Waals surface area contributed by atoms with Crippen molar-refractivity contribution >= 4 is 0 Å². The first-order valence-electron chi connectivity index (χ1n) is 5.52. The van der Waals surface area contributed by atoms with Crippen LogP contribution >= 0.6 is 0 Å². The van der Waals surface area contributed by atoms with Crippen molar-refractivity contribution in [3.8, 4) is 6.07 Å². The van der Waals surface area contributed by atoms with Gasteiger partial charge < -0.3 is 4.90 Å².